The summed E-state index contributed by atoms with van der Waals surface area (Å²) in [7, 11) is 0. The van der Waals surface area contributed by atoms with Gasteiger partial charge in [-0.3, -0.25) is 9.89 Å². The number of thiophene rings is 1. The van der Waals surface area contributed by atoms with Gasteiger partial charge in [0.25, 0.3) is 5.91 Å². The predicted octanol–water partition coefficient (Wildman–Crippen LogP) is 2.41. The highest BCUT2D eigenvalue weighted by molar-refractivity contribution is 7.13. The van der Waals surface area contributed by atoms with E-state index in [-0.39, 0.29) is 5.91 Å². The molecule has 2 aromatic heterocycles. The highest BCUT2D eigenvalue weighted by atomic mass is 32.1. The number of carbonyl (C=O) groups is 1. The molecule has 1 fully saturated rings. The first kappa shape index (κ1) is 11.5. The number of hydrogen-bond acceptors (Lipinski definition) is 3. The van der Waals surface area contributed by atoms with Crippen LogP contribution in [-0.4, -0.2) is 34.1 Å². The number of carbonyl (C=O) groups excluding carboxylic acids is 1. The molecule has 5 heteroatoms. The first-order chi connectivity index (χ1) is 8.74. The average Bonchev–Trinajstić information content (AvgIpc) is 3.09. The number of rotatable bonds is 2. The third kappa shape index (κ3) is 2.06. The Balaban J connectivity index is 1.70. The second kappa shape index (κ2) is 4.57. The van der Waals surface area contributed by atoms with E-state index in [4.69, 9.17) is 0 Å². The average molecular weight is 261 g/mol. The van der Waals surface area contributed by atoms with Crippen LogP contribution < -0.4 is 0 Å². The van der Waals surface area contributed by atoms with E-state index in [0.717, 1.165) is 30.1 Å². The standard InChI is InChI=1S/C13H15N3OS/c1-9-2-3-12(18-9)13(17)16-7-5-10(8-16)11-4-6-14-15-11/h2-4,6,10H,5,7-8H2,1H3,(H,14,15)/t10-/m1/s1. The SMILES string of the molecule is Cc1ccc(C(=O)N2CC[C@@H](c3ccn[nH]3)C2)s1. The summed E-state index contributed by atoms with van der Waals surface area (Å²) in [6.07, 6.45) is 2.78. The fourth-order valence-corrected chi connectivity index (χ4v) is 3.23. The first-order valence-corrected chi connectivity index (χ1v) is 6.90. The summed E-state index contributed by atoms with van der Waals surface area (Å²) in [5.41, 5.74) is 1.13. The largest absolute Gasteiger partial charge is 0.337 e. The van der Waals surface area contributed by atoms with Crippen molar-refractivity contribution in [3.8, 4) is 0 Å². The summed E-state index contributed by atoms with van der Waals surface area (Å²) >= 11 is 1.57. The Bertz CT molecular complexity index is 546. The van der Waals surface area contributed by atoms with Crippen LogP contribution in [-0.2, 0) is 0 Å². The highest BCUT2D eigenvalue weighted by Crippen LogP contribution is 2.27. The van der Waals surface area contributed by atoms with Crippen molar-refractivity contribution in [3.05, 3.63) is 39.8 Å². The molecular formula is C13H15N3OS. The van der Waals surface area contributed by atoms with E-state index in [1.165, 1.54) is 4.88 Å². The highest BCUT2D eigenvalue weighted by Gasteiger charge is 2.29. The summed E-state index contributed by atoms with van der Waals surface area (Å²) in [6, 6.07) is 5.92. The van der Waals surface area contributed by atoms with Crippen molar-refractivity contribution in [1.82, 2.24) is 15.1 Å². The van der Waals surface area contributed by atoms with Crippen LogP contribution in [0.25, 0.3) is 0 Å². The van der Waals surface area contributed by atoms with E-state index in [2.05, 4.69) is 10.2 Å². The van der Waals surface area contributed by atoms with Crippen molar-refractivity contribution in [2.75, 3.05) is 13.1 Å². The Morgan fingerprint density at radius 1 is 1.50 bits per heavy atom. The lowest BCUT2D eigenvalue weighted by Crippen LogP contribution is -2.27. The van der Waals surface area contributed by atoms with E-state index in [0.29, 0.717) is 5.92 Å². The Kier molecular flexibility index (Phi) is 2.91. The van der Waals surface area contributed by atoms with Crippen LogP contribution in [0.3, 0.4) is 0 Å². The zero-order chi connectivity index (χ0) is 12.5. The van der Waals surface area contributed by atoms with Crippen LogP contribution in [0.4, 0.5) is 0 Å². The summed E-state index contributed by atoms with van der Waals surface area (Å²) in [5, 5.41) is 6.97. The van der Waals surface area contributed by atoms with Gasteiger partial charge in [-0.25, -0.2) is 0 Å². The van der Waals surface area contributed by atoms with Gasteiger partial charge in [0.2, 0.25) is 0 Å². The van der Waals surface area contributed by atoms with Gasteiger partial charge < -0.3 is 4.90 Å². The van der Waals surface area contributed by atoms with Crippen LogP contribution in [0.1, 0.15) is 32.6 Å². The number of aromatic nitrogens is 2. The van der Waals surface area contributed by atoms with Crippen LogP contribution in [0, 0.1) is 6.92 Å². The predicted molar refractivity (Wildman–Crippen MR) is 70.9 cm³/mol. The van der Waals surface area contributed by atoms with E-state index in [1.807, 2.05) is 30.0 Å². The molecule has 0 unspecified atom stereocenters. The number of aromatic amines is 1. The summed E-state index contributed by atoms with van der Waals surface area (Å²) < 4.78 is 0. The molecular weight excluding hydrogens is 246 g/mol. The van der Waals surface area contributed by atoms with Gasteiger partial charge in [-0.2, -0.15) is 5.10 Å². The number of H-pyrrole nitrogens is 1. The molecule has 1 N–H and O–H groups in total. The summed E-state index contributed by atoms with van der Waals surface area (Å²) in [4.78, 5) is 16.3. The monoisotopic (exact) mass is 261 g/mol. The third-order valence-electron chi connectivity index (χ3n) is 3.39. The lowest BCUT2D eigenvalue weighted by Gasteiger charge is -2.15. The zero-order valence-electron chi connectivity index (χ0n) is 10.2. The topological polar surface area (TPSA) is 49.0 Å². The lowest BCUT2D eigenvalue weighted by atomic mass is 10.1. The fraction of sp³-hybridized carbons (Fsp3) is 0.385. The molecule has 94 valence electrons. The third-order valence-corrected chi connectivity index (χ3v) is 4.38. The molecule has 1 amide bonds. The molecule has 0 saturated carbocycles. The Hall–Kier alpha value is -1.62. The molecule has 2 aromatic rings. The Morgan fingerprint density at radius 3 is 3.06 bits per heavy atom. The Labute approximate surface area is 110 Å². The van der Waals surface area contributed by atoms with Crippen molar-refractivity contribution >= 4 is 17.2 Å². The van der Waals surface area contributed by atoms with Crippen LogP contribution in [0.15, 0.2) is 24.4 Å². The van der Waals surface area contributed by atoms with Gasteiger partial charge in [-0.05, 0) is 31.5 Å². The van der Waals surface area contributed by atoms with Crippen LogP contribution in [0.2, 0.25) is 0 Å². The smallest absolute Gasteiger partial charge is 0.263 e. The van der Waals surface area contributed by atoms with Gasteiger partial charge in [0.1, 0.15) is 0 Å². The van der Waals surface area contributed by atoms with E-state index in [1.54, 1.807) is 17.5 Å². The number of nitrogens with one attached hydrogen (secondary N) is 1. The van der Waals surface area contributed by atoms with E-state index in [9.17, 15) is 4.79 Å². The van der Waals surface area contributed by atoms with Crippen LogP contribution in [0.5, 0.6) is 0 Å². The molecule has 1 aliphatic rings. The van der Waals surface area contributed by atoms with Crippen molar-refractivity contribution < 1.29 is 4.79 Å². The van der Waals surface area contributed by atoms with Crippen molar-refractivity contribution in [3.63, 3.8) is 0 Å². The summed E-state index contributed by atoms with van der Waals surface area (Å²) in [6.45, 7) is 3.65. The number of likely N-dealkylation sites (tertiary alicyclic amines) is 1. The van der Waals surface area contributed by atoms with Gasteiger partial charge in [0, 0.05) is 35.8 Å². The second-order valence-electron chi connectivity index (χ2n) is 4.66. The molecule has 4 nitrogen and oxygen atoms in total. The van der Waals surface area contributed by atoms with Gasteiger partial charge >= 0.3 is 0 Å². The molecule has 3 rings (SSSR count). The number of nitrogens with zero attached hydrogens (tertiary/aromatic N) is 2. The normalized spacial score (nSPS) is 19.4. The van der Waals surface area contributed by atoms with Crippen molar-refractivity contribution in [2.45, 2.75) is 19.3 Å². The van der Waals surface area contributed by atoms with Gasteiger partial charge in [0.05, 0.1) is 4.88 Å². The van der Waals surface area contributed by atoms with E-state index < -0.39 is 0 Å². The Morgan fingerprint density at radius 2 is 2.39 bits per heavy atom. The number of amides is 1. The molecule has 0 aliphatic carbocycles. The maximum atomic E-state index is 12.3. The number of hydrogen-bond donors (Lipinski definition) is 1. The first-order valence-electron chi connectivity index (χ1n) is 6.09. The molecule has 0 spiro atoms. The minimum Gasteiger partial charge on any atom is -0.337 e. The van der Waals surface area contributed by atoms with Gasteiger partial charge in [-0.1, -0.05) is 0 Å². The minimum absolute atomic E-state index is 0.162. The van der Waals surface area contributed by atoms with Crippen molar-refractivity contribution in [1.29, 1.82) is 0 Å². The van der Waals surface area contributed by atoms with Crippen molar-refractivity contribution in [2.24, 2.45) is 0 Å². The quantitative estimate of drug-likeness (QED) is 0.902. The minimum atomic E-state index is 0.162. The molecule has 1 atom stereocenters. The molecule has 0 bridgehead atoms. The zero-order valence-corrected chi connectivity index (χ0v) is 11.0. The molecule has 18 heavy (non-hydrogen) atoms. The second-order valence-corrected chi connectivity index (χ2v) is 5.95. The molecule has 0 aromatic carbocycles. The molecule has 3 heterocycles. The number of aryl methyl sites for hydroxylation is 1. The van der Waals surface area contributed by atoms with Gasteiger partial charge in [0.15, 0.2) is 0 Å². The fourth-order valence-electron chi connectivity index (χ4n) is 2.40. The molecule has 1 saturated heterocycles. The maximum absolute atomic E-state index is 12.3. The molecule has 0 radical (unpaired) electrons. The van der Waals surface area contributed by atoms with E-state index >= 15 is 0 Å². The lowest BCUT2D eigenvalue weighted by molar-refractivity contribution is 0.0795. The van der Waals surface area contributed by atoms with Gasteiger partial charge in [-0.15, -0.1) is 11.3 Å². The maximum Gasteiger partial charge on any atom is 0.263 e. The summed E-state index contributed by atoms with van der Waals surface area (Å²) in [5.74, 6) is 0.563. The molecule has 1 aliphatic heterocycles. The van der Waals surface area contributed by atoms with Crippen LogP contribution >= 0.6 is 11.3 Å².